The Morgan fingerprint density at radius 1 is 0.938 bits per heavy atom. The van der Waals surface area contributed by atoms with Crippen LogP contribution >= 0.6 is 8.75 Å². The number of hydrogen-bond donors (Lipinski definition) is 2. The second-order valence-corrected chi connectivity index (χ2v) is 9.92. The first-order valence-corrected chi connectivity index (χ1v) is 8.13. The molecule has 0 aromatic rings. The van der Waals surface area contributed by atoms with Gasteiger partial charge in [-0.2, -0.15) is 8.75 Å². The van der Waals surface area contributed by atoms with Crippen LogP contribution in [0, 0.1) is 0 Å². The number of hydrogen-bond acceptors (Lipinski definition) is 3. The third kappa shape index (κ3) is 2.56. The SMILES string of the molecule is CCS(CC)(CC)(CC)=C(O)OOC(=O)O. The highest BCUT2D eigenvalue weighted by atomic mass is 32.3. The van der Waals surface area contributed by atoms with Gasteiger partial charge in [0.05, 0.1) is 0 Å². The second-order valence-electron chi connectivity index (χ2n) is 3.66. The molecule has 0 spiro atoms. The molecule has 0 atom stereocenters. The molecule has 0 saturated carbocycles. The Balaban J connectivity index is 5.43. The minimum atomic E-state index is -2.25. The summed E-state index contributed by atoms with van der Waals surface area (Å²) < 4.78 is 0. The maximum Gasteiger partial charge on any atom is 0.538 e. The van der Waals surface area contributed by atoms with Gasteiger partial charge in [0.2, 0.25) is 5.24 Å². The lowest BCUT2D eigenvalue weighted by atomic mass is 10.9. The average molecular weight is 254 g/mol. The van der Waals surface area contributed by atoms with Gasteiger partial charge in [0, 0.05) is 0 Å². The van der Waals surface area contributed by atoms with E-state index in [1.807, 2.05) is 27.7 Å². The van der Waals surface area contributed by atoms with E-state index in [4.69, 9.17) is 5.11 Å². The lowest BCUT2D eigenvalue weighted by Gasteiger charge is -2.47. The van der Waals surface area contributed by atoms with Crippen LogP contribution < -0.4 is 0 Å². The van der Waals surface area contributed by atoms with E-state index in [1.165, 1.54) is 0 Å². The van der Waals surface area contributed by atoms with Crippen molar-refractivity contribution in [3.8, 4) is 0 Å². The van der Waals surface area contributed by atoms with E-state index >= 15 is 0 Å². The summed E-state index contributed by atoms with van der Waals surface area (Å²) in [5.41, 5.74) is 0. The lowest BCUT2D eigenvalue weighted by molar-refractivity contribution is -0.186. The van der Waals surface area contributed by atoms with Gasteiger partial charge in [0.15, 0.2) is 0 Å². The van der Waals surface area contributed by atoms with Gasteiger partial charge in [0.1, 0.15) is 0 Å². The molecule has 0 heterocycles. The zero-order chi connectivity index (χ0) is 12.8. The summed E-state index contributed by atoms with van der Waals surface area (Å²) in [4.78, 5) is 18.8. The minimum Gasteiger partial charge on any atom is -0.448 e. The molecule has 0 aromatic heterocycles. The molecular formula is C10H22O5S. The molecule has 2 N–H and O–H groups in total. The van der Waals surface area contributed by atoms with Crippen LogP contribution in [0.2, 0.25) is 0 Å². The van der Waals surface area contributed by atoms with E-state index in [1.54, 1.807) is 0 Å². The Kier molecular flexibility index (Phi) is 5.44. The van der Waals surface area contributed by atoms with Crippen molar-refractivity contribution < 1.29 is 24.8 Å². The molecule has 0 fully saturated rings. The van der Waals surface area contributed by atoms with Crippen molar-refractivity contribution in [3.63, 3.8) is 0 Å². The lowest BCUT2D eigenvalue weighted by Crippen LogP contribution is -2.30. The summed E-state index contributed by atoms with van der Waals surface area (Å²) >= 11 is 0. The first-order valence-electron chi connectivity index (χ1n) is 5.41. The van der Waals surface area contributed by atoms with Crippen LogP contribution in [0.4, 0.5) is 4.79 Å². The monoisotopic (exact) mass is 254 g/mol. The molecule has 16 heavy (non-hydrogen) atoms. The summed E-state index contributed by atoms with van der Waals surface area (Å²) in [6.07, 6.45) is -1.56. The van der Waals surface area contributed by atoms with Crippen LogP contribution in [0.1, 0.15) is 27.7 Å². The van der Waals surface area contributed by atoms with Crippen molar-refractivity contribution in [2.45, 2.75) is 27.7 Å². The molecule has 0 bridgehead atoms. The number of carbonyl (C=O) groups is 1. The van der Waals surface area contributed by atoms with Gasteiger partial charge in [-0.05, 0) is 23.0 Å². The van der Waals surface area contributed by atoms with E-state index in [2.05, 4.69) is 9.78 Å². The normalized spacial score (nSPS) is 13.9. The van der Waals surface area contributed by atoms with Gasteiger partial charge in [-0.25, -0.2) is 4.79 Å². The minimum absolute atomic E-state index is 0.241. The molecule has 0 aliphatic rings. The Hall–Kier alpha value is -0.590. The van der Waals surface area contributed by atoms with Gasteiger partial charge in [-0.15, -0.1) is 4.89 Å². The average Bonchev–Trinajstić information content (AvgIpc) is 2.31. The zero-order valence-electron chi connectivity index (χ0n) is 10.4. The first-order chi connectivity index (χ1) is 7.40. The predicted octanol–water partition coefficient (Wildman–Crippen LogP) is 2.68. The summed E-state index contributed by atoms with van der Waals surface area (Å²) in [6, 6.07) is 0. The van der Waals surface area contributed by atoms with Gasteiger partial charge < -0.3 is 10.2 Å². The van der Waals surface area contributed by atoms with Crippen molar-refractivity contribution >= 4 is 20.1 Å². The Morgan fingerprint density at radius 3 is 1.56 bits per heavy atom. The van der Waals surface area contributed by atoms with Gasteiger partial charge in [-0.1, -0.05) is 27.7 Å². The Bertz CT molecular complexity index is 284. The largest absolute Gasteiger partial charge is 0.538 e. The van der Waals surface area contributed by atoms with Crippen molar-refractivity contribution in [3.05, 3.63) is 0 Å². The van der Waals surface area contributed by atoms with E-state index in [0.29, 0.717) is 0 Å². The number of carboxylic acid groups (broad SMARTS) is 1. The Labute approximate surface area is 96.2 Å². The standard InChI is InChI=1S/C10H22O5S/c1-5-16(6-2,7-3,8-4)10(13)15-14-9(11)12/h13H,5-8H2,1-4H3,(H,11,12). The van der Waals surface area contributed by atoms with E-state index in [-0.39, 0.29) is 5.24 Å². The first kappa shape index (κ1) is 15.4. The van der Waals surface area contributed by atoms with Crippen LogP contribution in [0.5, 0.6) is 0 Å². The molecular weight excluding hydrogens is 232 g/mol. The molecule has 0 radical (unpaired) electrons. The van der Waals surface area contributed by atoms with Crippen molar-refractivity contribution in [1.29, 1.82) is 0 Å². The fourth-order valence-electron chi connectivity index (χ4n) is 1.89. The van der Waals surface area contributed by atoms with Crippen LogP contribution in [0.15, 0.2) is 0 Å². The summed E-state index contributed by atoms with van der Waals surface area (Å²) in [5.74, 6) is 3.04. The summed E-state index contributed by atoms with van der Waals surface area (Å²) in [7, 11) is -2.25. The Morgan fingerprint density at radius 2 is 1.31 bits per heavy atom. The topological polar surface area (TPSA) is 76.0 Å². The van der Waals surface area contributed by atoms with Crippen LogP contribution in [0.25, 0.3) is 0 Å². The number of rotatable bonds is 4. The maximum atomic E-state index is 10.2. The van der Waals surface area contributed by atoms with Gasteiger partial charge in [0.25, 0.3) is 0 Å². The third-order valence-electron chi connectivity index (χ3n) is 3.70. The van der Waals surface area contributed by atoms with Crippen LogP contribution in [0.3, 0.4) is 0 Å². The second kappa shape index (κ2) is 5.65. The molecule has 0 saturated heterocycles. The molecule has 0 aliphatic carbocycles. The molecule has 6 heteroatoms. The molecule has 98 valence electrons. The molecule has 0 rings (SSSR count). The smallest absolute Gasteiger partial charge is 0.448 e. The highest BCUT2D eigenvalue weighted by Gasteiger charge is 2.32. The number of aliphatic hydroxyl groups excluding tert-OH is 1. The van der Waals surface area contributed by atoms with Crippen molar-refractivity contribution in [2.75, 3.05) is 23.0 Å². The van der Waals surface area contributed by atoms with Crippen LogP contribution in [-0.4, -0.2) is 44.6 Å². The van der Waals surface area contributed by atoms with Gasteiger partial charge >= 0.3 is 6.16 Å². The van der Waals surface area contributed by atoms with Crippen LogP contribution in [-0.2, 0) is 9.78 Å². The molecule has 0 aromatic carbocycles. The molecule has 0 amide bonds. The van der Waals surface area contributed by atoms with Crippen molar-refractivity contribution in [1.82, 2.24) is 0 Å². The fourth-order valence-corrected chi connectivity index (χ4v) is 5.55. The third-order valence-corrected chi connectivity index (χ3v) is 10.8. The van der Waals surface area contributed by atoms with E-state index in [0.717, 1.165) is 23.0 Å². The van der Waals surface area contributed by atoms with E-state index in [9.17, 15) is 9.90 Å². The maximum absolute atomic E-state index is 10.2. The quantitative estimate of drug-likeness (QED) is 0.458. The predicted molar refractivity (Wildman–Crippen MR) is 67.6 cm³/mol. The highest BCUT2D eigenvalue weighted by molar-refractivity contribution is 8.47. The fraction of sp³-hybridized carbons (Fsp3) is 0.800. The highest BCUT2D eigenvalue weighted by Crippen LogP contribution is 2.58. The summed E-state index contributed by atoms with van der Waals surface area (Å²) in [5, 5.41) is 18.1. The molecule has 5 nitrogen and oxygen atoms in total. The molecule has 0 unspecified atom stereocenters. The van der Waals surface area contributed by atoms with Gasteiger partial charge in [-0.3, -0.25) is 4.89 Å². The number of aliphatic hydroxyl groups is 1. The molecule has 0 aliphatic heterocycles. The summed E-state index contributed by atoms with van der Waals surface area (Å²) in [6.45, 7) is 7.94. The zero-order valence-corrected chi connectivity index (χ0v) is 11.2. The van der Waals surface area contributed by atoms with Crippen molar-refractivity contribution in [2.24, 2.45) is 0 Å². The van der Waals surface area contributed by atoms with E-state index < -0.39 is 14.9 Å².